The first-order valence-electron chi connectivity index (χ1n) is 9.25. The summed E-state index contributed by atoms with van der Waals surface area (Å²) in [7, 11) is 1.72. The van der Waals surface area contributed by atoms with Crippen molar-refractivity contribution in [3.63, 3.8) is 0 Å². The highest BCUT2D eigenvalue weighted by Crippen LogP contribution is 2.34. The first kappa shape index (κ1) is 19.2. The Bertz CT molecular complexity index is 1120. The van der Waals surface area contributed by atoms with Crippen LogP contribution >= 0.6 is 11.8 Å². The molecule has 3 aromatic rings. The Kier molecular flexibility index (Phi) is 5.36. The number of amidine groups is 1. The van der Waals surface area contributed by atoms with Gasteiger partial charge in [-0.1, -0.05) is 25.1 Å². The molecule has 6 heteroatoms. The summed E-state index contributed by atoms with van der Waals surface area (Å²) in [6, 6.07) is 17.6. The van der Waals surface area contributed by atoms with Crippen LogP contribution in [0.25, 0.3) is 17.4 Å². The summed E-state index contributed by atoms with van der Waals surface area (Å²) >= 11 is 1.32. The lowest BCUT2D eigenvalue weighted by Gasteiger charge is -2.08. The van der Waals surface area contributed by atoms with E-state index in [4.69, 9.17) is 9.41 Å². The highest BCUT2D eigenvalue weighted by atomic mass is 32.2. The lowest BCUT2D eigenvalue weighted by molar-refractivity contribution is -0.121. The Morgan fingerprint density at radius 1 is 1.10 bits per heavy atom. The smallest absolute Gasteiger partial charge is 0.266 e. The van der Waals surface area contributed by atoms with E-state index < -0.39 is 0 Å². The SMILES string of the molecule is CCc1ccccc1N=C1S/C(=C/c2ccc(-c3ccc(F)cc3)o2)C(=O)N1C. The van der Waals surface area contributed by atoms with E-state index in [0.717, 1.165) is 23.2 Å². The van der Waals surface area contributed by atoms with Gasteiger partial charge in [0.25, 0.3) is 5.91 Å². The Balaban J connectivity index is 1.60. The molecule has 1 saturated heterocycles. The topological polar surface area (TPSA) is 45.8 Å². The molecule has 146 valence electrons. The zero-order valence-corrected chi connectivity index (χ0v) is 16.9. The fourth-order valence-corrected chi connectivity index (χ4v) is 3.96. The molecule has 2 heterocycles. The third-order valence-electron chi connectivity index (χ3n) is 4.62. The summed E-state index contributed by atoms with van der Waals surface area (Å²) < 4.78 is 18.9. The number of furan rings is 1. The van der Waals surface area contributed by atoms with E-state index in [9.17, 15) is 9.18 Å². The quantitative estimate of drug-likeness (QED) is 0.508. The van der Waals surface area contributed by atoms with Crippen LogP contribution in [0, 0.1) is 5.82 Å². The van der Waals surface area contributed by atoms with Crippen LogP contribution in [-0.4, -0.2) is 23.0 Å². The number of benzene rings is 2. The normalized spacial score (nSPS) is 16.9. The molecule has 1 fully saturated rings. The van der Waals surface area contributed by atoms with Crippen LogP contribution in [0.4, 0.5) is 10.1 Å². The molecule has 0 N–H and O–H groups in total. The largest absolute Gasteiger partial charge is 0.457 e. The van der Waals surface area contributed by atoms with Crippen LogP contribution in [0.5, 0.6) is 0 Å². The number of aryl methyl sites for hydroxylation is 1. The standard InChI is InChI=1S/C23H19FN2O2S/c1-3-15-6-4-5-7-19(15)25-23-26(2)22(27)21(29-23)14-18-12-13-20(28-18)16-8-10-17(24)11-9-16/h4-14H,3H2,1-2H3/b21-14+,25-23?. The summed E-state index contributed by atoms with van der Waals surface area (Å²) in [5, 5.41) is 0.632. The second kappa shape index (κ2) is 8.09. The van der Waals surface area contributed by atoms with Gasteiger partial charge in [0.2, 0.25) is 0 Å². The van der Waals surface area contributed by atoms with Crippen molar-refractivity contribution in [2.75, 3.05) is 7.05 Å². The summed E-state index contributed by atoms with van der Waals surface area (Å²) in [6.45, 7) is 2.08. The molecule has 0 saturated carbocycles. The molecule has 2 aromatic carbocycles. The average Bonchev–Trinajstić information content (AvgIpc) is 3.30. The summed E-state index contributed by atoms with van der Waals surface area (Å²) in [5.74, 6) is 0.757. The number of carbonyl (C=O) groups is 1. The van der Waals surface area contributed by atoms with Gasteiger partial charge < -0.3 is 4.42 Å². The monoisotopic (exact) mass is 406 g/mol. The second-order valence-electron chi connectivity index (χ2n) is 6.56. The number of hydrogen-bond donors (Lipinski definition) is 0. The maximum Gasteiger partial charge on any atom is 0.266 e. The maximum absolute atomic E-state index is 13.1. The van der Waals surface area contributed by atoms with E-state index in [1.807, 2.05) is 24.3 Å². The van der Waals surface area contributed by atoms with Gasteiger partial charge in [0.05, 0.1) is 10.6 Å². The van der Waals surface area contributed by atoms with Gasteiger partial charge in [-0.25, -0.2) is 9.38 Å². The number of amides is 1. The van der Waals surface area contributed by atoms with E-state index >= 15 is 0 Å². The van der Waals surface area contributed by atoms with Crippen LogP contribution < -0.4 is 0 Å². The number of para-hydroxylation sites is 1. The van der Waals surface area contributed by atoms with Crippen LogP contribution in [0.2, 0.25) is 0 Å². The lowest BCUT2D eigenvalue weighted by Crippen LogP contribution is -2.23. The zero-order chi connectivity index (χ0) is 20.4. The average molecular weight is 406 g/mol. The number of thioether (sulfide) groups is 1. The molecule has 0 atom stereocenters. The van der Waals surface area contributed by atoms with Crippen LogP contribution in [-0.2, 0) is 11.2 Å². The zero-order valence-electron chi connectivity index (χ0n) is 16.1. The lowest BCUT2D eigenvalue weighted by atomic mass is 10.1. The van der Waals surface area contributed by atoms with Crippen molar-refractivity contribution in [2.45, 2.75) is 13.3 Å². The number of aliphatic imine (C=N–C) groups is 1. The fraction of sp³-hybridized carbons (Fsp3) is 0.130. The summed E-state index contributed by atoms with van der Waals surface area (Å²) in [5.41, 5.74) is 2.78. The van der Waals surface area contributed by atoms with Crippen molar-refractivity contribution < 1.29 is 13.6 Å². The Hall–Kier alpha value is -3.12. The number of rotatable bonds is 4. The molecule has 0 spiro atoms. The second-order valence-corrected chi connectivity index (χ2v) is 7.57. The molecular weight excluding hydrogens is 387 g/mol. The minimum Gasteiger partial charge on any atom is -0.457 e. The summed E-state index contributed by atoms with van der Waals surface area (Å²) in [4.78, 5) is 19.4. The van der Waals surface area contributed by atoms with Gasteiger partial charge in [0.1, 0.15) is 17.3 Å². The van der Waals surface area contributed by atoms with Gasteiger partial charge in [0, 0.05) is 18.7 Å². The molecule has 1 aliphatic heterocycles. The third kappa shape index (κ3) is 4.03. The highest BCUT2D eigenvalue weighted by Gasteiger charge is 2.30. The van der Waals surface area contributed by atoms with E-state index in [-0.39, 0.29) is 11.7 Å². The molecule has 1 aliphatic rings. The van der Waals surface area contributed by atoms with E-state index in [1.54, 1.807) is 42.3 Å². The highest BCUT2D eigenvalue weighted by molar-refractivity contribution is 8.18. The third-order valence-corrected chi connectivity index (χ3v) is 5.68. The molecule has 4 nitrogen and oxygen atoms in total. The predicted molar refractivity (Wildman–Crippen MR) is 115 cm³/mol. The number of carbonyl (C=O) groups excluding carboxylic acids is 1. The van der Waals surface area contributed by atoms with E-state index in [0.29, 0.717) is 21.6 Å². The van der Waals surface area contributed by atoms with Gasteiger partial charge in [-0.05, 0) is 66.2 Å². The molecule has 0 bridgehead atoms. The first-order chi connectivity index (χ1) is 14.0. The van der Waals surface area contributed by atoms with Crippen LogP contribution in [0.3, 0.4) is 0 Å². The van der Waals surface area contributed by atoms with Gasteiger partial charge in [-0.2, -0.15) is 0 Å². The molecule has 0 unspecified atom stereocenters. The maximum atomic E-state index is 13.1. The molecule has 0 radical (unpaired) electrons. The van der Waals surface area contributed by atoms with Crippen molar-refractivity contribution in [1.29, 1.82) is 0 Å². The van der Waals surface area contributed by atoms with Gasteiger partial charge in [-0.15, -0.1) is 0 Å². The minimum atomic E-state index is -0.296. The van der Waals surface area contributed by atoms with Crippen LogP contribution in [0.15, 0.2) is 75.0 Å². The van der Waals surface area contributed by atoms with E-state index in [1.165, 1.54) is 23.9 Å². The van der Waals surface area contributed by atoms with Crippen molar-refractivity contribution in [3.8, 4) is 11.3 Å². The molecule has 0 aliphatic carbocycles. The fourth-order valence-electron chi connectivity index (χ4n) is 3.00. The van der Waals surface area contributed by atoms with E-state index in [2.05, 4.69) is 6.92 Å². The van der Waals surface area contributed by atoms with Gasteiger partial charge in [0.15, 0.2) is 5.17 Å². The van der Waals surface area contributed by atoms with Gasteiger partial charge in [-0.3, -0.25) is 9.69 Å². The molecule has 1 amide bonds. The number of hydrogen-bond acceptors (Lipinski definition) is 4. The number of halogens is 1. The van der Waals surface area contributed by atoms with Crippen LogP contribution in [0.1, 0.15) is 18.2 Å². The van der Waals surface area contributed by atoms with Crippen molar-refractivity contribution in [1.82, 2.24) is 4.90 Å². The first-order valence-corrected chi connectivity index (χ1v) is 10.1. The summed E-state index contributed by atoms with van der Waals surface area (Å²) in [6.07, 6.45) is 2.58. The predicted octanol–water partition coefficient (Wildman–Crippen LogP) is 5.88. The Morgan fingerprint density at radius 2 is 1.86 bits per heavy atom. The number of likely N-dealkylation sites (N-methyl/N-ethyl adjacent to an activating group) is 1. The molecule has 29 heavy (non-hydrogen) atoms. The van der Waals surface area contributed by atoms with Crippen molar-refractivity contribution in [3.05, 3.63) is 82.7 Å². The Morgan fingerprint density at radius 3 is 2.62 bits per heavy atom. The number of nitrogens with zero attached hydrogens (tertiary/aromatic N) is 2. The minimum absolute atomic E-state index is 0.123. The van der Waals surface area contributed by atoms with Gasteiger partial charge >= 0.3 is 0 Å². The Labute approximate surface area is 172 Å². The van der Waals surface area contributed by atoms with Crippen molar-refractivity contribution >= 4 is 34.6 Å². The van der Waals surface area contributed by atoms with Crippen molar-refractivity contribution in [2.24, 2.45) is 4.99 Å². The molecular formula is C23H19FN2O2S. The molecule has 1 aromatic heterocycles. The molecule has 4 rings (SSSR count).